The number of carboxylic acids is 1. The van der Waals surface area contributed by atoms with Crippen LogP contribution in [0.25, 0.3) is 0 Å². The van der Waals surface area contributed by atoms with Crippen LogP contribution in [0.5, 0.6) is 0 Å². The number of sulfonamides is 1. The Balaban J connectivity index is 3.04. The summed E-state index contributed by atoms with van der Waals surface area (Å²) in [5.74, 6) is 0.460. The van der Waals surface area contributed by atoms with E-state index in [0.29, 0.717) is 5.75 Å². The van der Waals surface area contributed by atoms with Gasteiger partial charge in [0, 0.05) is 11.8 Å². The van der Waals surface area contributed by atoms with Crippen molar-refractivity contribution < 1.29 is 18.3 Å². The number of rotatable bonds is 7. The highest BCUT2D eigenvalue weighted by Gasteiger charge is 2.22. The first-order valence-corrected chi connectivity index (χ1v) is 8.86. The monoisotopic (exact) mass is 317 g/mol. The highest BCUT2D eigenvalue weighted by molar-refractivity contribution is 7.99. The van der Waals surface area contributed by atoms with Gasteiger partial charge in [-0.25, -0.2) is 17.9 Å². The van der Waals surface area contributed by atoms with Gasteiger partial charge in [-0.2, -0.15) is 11.8 Å². The molecule has 20 heavy (non-hydrogen) atoms. The minimum atomic E-state index is -3.70. The first-order chi connectivity index (χ1) is 9.29. The van der Waals surface area contributed by atoms with Crippen molar-refractivity contribution in [3.8, 4) is 0 Å². The van der Waals surface area contributed by atoms with Gasteiger partial charge in [0.15, 0.2) is 0 Å². The van der Waals surface area contributed by atoms with Crippen molar-refractivity contribution in [1.82, 2.24) is 4.72 Å². The molecule has 1 atom stereocenters. The van der Waals surface area contributed by atoms with Gasteiger partial charge in [0.2, 0.25) is 10.0 Å². The summed E-state index contributed by atoms with van der Waals surface area (Å²) < 4.78 is 27.1. The smallest absolute Gasteiger partial charge is 0.335 e. The van der Waals surface area contributed by atoms with Crippen LogP contribution in [0.1, 0.15) is 29.8 Å². The second kappa shape index (κ2) is 7.10. The Hall–Kier alpha value is -1.05. The van der Waals surface area contributed by atoms with Crippen molar-refractivity contribution in [2.45, 2.75) is 31.7 Å². The molecule has 1 aromatic rings. The predicted octanol–water partition coefficient (Wildman–Crippen LogP) is 2.11. The van der Waals surface area contributed by atoms with Crippen molar-refractivity contribution in [1.29, 1.82) is 0 Å². The van der Waals surface area contributed by atoms with Crippen molar-refractivity contribution in [2.75, 3.05) is 11.5 Å². The summed E-state index contributed by atoms with van der Waals surface area (Å²) in [6.07, 6.45) is 0. The molecule has 0 amide bonds. The molecule has 0 aliphatic rings. The van der Waals surface area contributed by atoms with E-state index in [-0.39, 0.29) is 22.1 Å². The Morgan fingerprint density at radius 3 is 2.65 bits per heavy atom. The average Bonchev–Trinajstić information content (AvgIpc) is 2.35. The number of carboxylic acid groups (broad SMARTS) is 1. The third-order valence-electron chi connectivity index (χ3n) is 2.73. The molecule has 0 aliphatic carbocycles. The van der Waals surface area contributed by atoms with E-state index in [4.69, 9.17) is 5.11 Å². The Morgan fingerprint density at radius 2 is 2.10 bits per heavy atom. The van der Waals surface area contributed by atoms with E-state index in [1.54, 1.807) is 18.7 Å². The van der Waals surface area contributed by atoms with Crippen molar-refractivity contribution in [2.24, 2.45) is 0 Å². The maximum atomic E-state index is 12.3. The molecule has 1 aromatic carbocycles. The molecule has 0 heterocycles. The van der Waals surface area contributed by atoms with Gasteiger partial charge in [0.25, 0.3) is 0 Å². The van der Waals surface area contributed by atoms with Crippen LogP contribution in [-0.4, -0.2) is 37.0 Å². The molecular weight excluding hydrogens is 298 g/mol. The minimum absolute atomic E-state index is 0.00320. The standard InChI is InChI=1S/C13H19NO4S2/c1-4-19-8-9(2)14-20(17,18)12-7-5-6-11(10(12)3)13(15)16/h5-7,9,14H,4,8H2,1-3H3,(H,15,16). The maximum absolute atomic E-state index is 12.3. The molecule has 0 bridgehead atoms. The fourth-order valence-corrected chi connectivity index (χ4v) is 4.08. The van der Waals surface area contributed by atoms with Crippen LogP contribution in [0.4, 0.5) is 0 Å². The van der Waals surface area contributed by atoms with Gasteiger partial charge in [-0.15, -0.1) is 0 Å². The van der Waals surface area contributed by atoms with Crippen molar-refractivity contribution in [3.05, 3.63) is 29.3 Å². The van der Waals surface area contributed by atoms with E-state index >= 15 is 0 Å². The molecule has 0 aliphatic heterocycles. The summed E-state index contributed by atoms with van der Waals surface area (Å²) >= 11 is 1.64. The lowest BCUT2D eigenvalue weighted by Crippen LogP contribution is -2.34. The number of benzene rings is 1. The zero-order valence-corrected chi connectivity index (χ0v) is 13.3. The van der Waals surface area contributed by atoms with E-state index in [2.05, 4.69) is 4.72 Å². The summed E-state index contributed by atoms with van der Waals surface area (Å²) in [4.78, 5) is 11.1. The quantitative estimate of drug-likeness (QED) is 0.805. The lowest BCUT2D eigenvalue weighted by molar-refractivity contribution is 0.0696. The molecule has 0 fully saturated rings. The van der Waals surface area contributed by atoms with Gasteiger partial charge in [-0.1, -0.05) is 13.0 Å². The highest BCUT2D eigenvalue weighted by atomic mass is 32.2. The summed E-state index contributed by atoms with van der Waals surface area (Å²) in [7, 11) is -3.70. The molecule has 0 saturated heterocycles. The van der Waals surface area contributed by atoms with Gasteiger partial charge in [-0.05, 0) is 37.3 Å². The van der Waals surface area contributed by atoms with E-state index in [1.165, 1.54) is 25.1 Å². The molecule has 1 rings (SSSR count). The number of hydrogen-bond acceptors (Lipinski definition) is 4. The number of aromatic carboxylic acids is 1. The van der Waals surface area contributed by atoms with E-state index in [9.17, 15) is 13.2 Å². The third kappa shape index (κ3) is 4.22. The molecule has 112 valence electrons. The Morgan fingerprint density at radius 1 is 1.45 bits per heavy atom. The second-order valence-electron chi connectivity index (χ2n) is 4.42. The maximum Gasteiger partial charge on any atom is 0.335 e. The van der Waals surface area contributed by atoms with Crippen LogP contribution in [0.15, 0.2) is 23.1 Å². The average molecular weight is 317 g/mol. The highest BCUT2D eigenvalue weighted by Crippen LogP contribution is 2.19. The van der Waals surface area contributed by atoms with Crippen molar-refractivity contribution >= 4 is 27.8 Å². The van der Waals surface area contributed by atoms with Crippen LogP contribution in [-0.2, 0) is 10.0 Å². The van der Waals surface area contributed by atoms with Crippen molar-refractivity contribution in [3.63, 3.8) is 0 Å². The summed E-state index contributed by atoms with van der Waals surface area (Å²) in [6.45, 7) is 5.30. The molecule has 0 radical (unpaired) electrons. The van der Waals surface area contributed by atoms with Crippen LogP contribution in [0.2, 0.25) is 0 Å². The van der Waals surface area contributed by atoms with Crippen LogP contribution >= 0.6 is 11.8 Å². The Kier molecular flexibility index (Phi) is 6.04. The normalized spacial score (nSPS) is 13.2. The summed E-state index contributed by atoms with van der Waals surface area (Å²) in [6, 6.07) is 4.05. The Bertz CT molecular complexity index is 584. The van der Waals surface area contributed by atoms with Gasteiger partial charge < -0.3 is 5.11 Å². The first-order valence-electron chi connectivity index (χ1n) is 6.22. The second-order valence-corrected chi connectivity index (χ2v) is 7.42. The van der Waals surface area contributed by atoms with Crippen LogP contribution in [0.3, 0.4) is 0 Å². The number of nitrogens with one attached hydrogen (secondary N) is 1. The van der Waals surface area contributed by atoms with Gasteiger partial charge >= 0.3 is 5.97 Å². The predicted molar refractivity (Wildman–Crippen MR) is 80.9 cm³/mol. The fraction of sp³-hybridized carbons (Fsp3) is 0.462. The number of hydrogen-bond donors (Lipinski definition) is 2. The van der Waals surface area contributed by atoms with E-state index in [0.717, 1.165) is 5.75 Å². The lowest BCUT2D eigenvalue weighted by atomic mass is 10.1. The molecule has 5 nitrogen and oxygen atoms in total. The van der Waals surface area contributed by atoms with Gasteiger partial charge in [0.05, 0.1) is 10.5 Å². The van der Waals surface area contributed by atoms with Gasteiger partial charge in [0.1, 0.15) is 0 Å². The number of carbonyl (C=O) groups is 1. The third-order valence-corrected chi connectivity index (χ3v) is 5.61. The van der Waals surface area contributed by atoms with Gasteiger partial charge in [-0.3, -0.25) is 0 Å². The molecule has 0 aromatic heterocycles. The summed E-state index contributed by atoms with van der Waals surface area (Å²) in [5, 5.41) is 9.04. The molecule has 0 saturated carbocycles. The van der Waals surface area contributed by atoms with Crippen LogP contribution < -0.4 is 4.72 Å². The number of thioether (sulfide) groups is 1. The molecular formula is C13H19NO4S2. The fourth-order valence-electron chi connectivity index (χ4n) is 1.79. The molecule has 1 unspecified atom stereocenters. The first kappa shape index (κ1) is 17.0. The van der Waals surface area contributed by atoms with E-state index < -0.39 is 16.0 Å². The molecule has 2 N–H and O–H groups in total. The van der Waals surface area contributed by atoms with E-state index in [1.807, 2.05) is 6.92 Å². The lowest BCUT2D eigenvalue weighted by Gasteiger charge is -2.15. The molecule has 7 heteroatoms. The zero-order chi connectivity index (χ0) is 15.3. The topological polar surface area (TPSA) is 83.5 Å². The zero-order valence-electron chi connectivity index (χ0n) is 11.7. The van der Waals surface area contributed by atoms with Crippen LogP contribution in [0, 0.1) is 6.92 Å². The largest absolute Gasteiger partial charge is 0.478 e. The SMILES string of the molecule is CCSCC(C)NS(=O)(=O)c1cccc(C(=O)O)c1C. The molecule has 0 spiro atoms. The minimum Gasteiger partial charge on any atom is -0.478 e. The summed E-state index contributed by atoms with van der Waals surface area (Å²) in [5.41, 5.74) is 0.256. The Labute approximate surface area is 123 Å².